The number of para-hydroxylation sites is 2. The lowest BCUT2D eigenvalue weighted by Crippen LogP contribution is -2.22. The molecule has 0 bridgehead atoms. The number of carbonyl (C=O) groups excluding carboxylic acids is 1. The Bertz CT molecular complexity index is 1550. The lowest BCUT2D eigenvalue weighted by Gasteiger charge is -2.21. The first-order chi connectivity index (χ1) is 16.9. The van der Waals surface area contributed by atoms with Crippen LogP contribution in [0.5, 0.6) is 0 Å². The fraction of sp³-hybridized carbons (Fsp3) is 0.0400. The average Bonchev–Trinajstić information content (AvgIpc) is 3.42. The molecular formula is C25H20N4O3S3. The highest BCUT2D eigenvalue weighted by atomic mass is 32.2. The van der Waals surface area contributed by atoms with Gasteiger partial charge in [-0.15, -0.1) is 11.3 Å². The van der Waals surface area contributed by atoms with E-state index in [4.69, 9.17) is 0 Å². The van der Waals surface area contributed by atoms with Crippen LogP contribution in [0.2, 0.25) is 0 Å². The highest BCUT2D eigenvalue weighted by Gasteiger charge is 2.20. The lowest BCUT2D eigenvalue weighted by atomic mass is 10.1. The quantitative estimate of drug-likeness (QED) is 0.191. The molecule has 1 amide bonds. The molecule has 3 N–H and O–H groups in total. The Kier molecular flexibility index (Phi) is 6.33. The number of benzene rings is 3. The van der Waals surface area contributed by atoms with Gasteiger partial charge < -0.3 is 5.32 Å². The Labute approximate surface area is 211 Å². The largest absolute Gasteiger partial charge is 0.354 e. The molecule has 3 aromatic carbocycles. The molecule has 0 spiro atoms. The van der Waals surface area contributed by atoms with Crippen LogP contribution in [0.3, 0.4) is 0 Å². The minimum atomic E-state index is -3.79. The van der Waals surface area contributed by atoms with Crippen LogP contribution in [0.15, 0.2) is 103 Å². The zero-order chi connectivity index (χ0) is 24.4. The SMILES string of the molecule is C/C(=N\NC(=O)c1ccccc1NS(=O)(=O)c1cccs1)c1ccc2c(c1)Nc1ccccc1S2. The normalized spacial score (nSPS) is 12.8. The van der Waals surface area contributed by atoms with Gasteiger partial charge in [-0.05, 0) is 60.3 Å². The second-order valence-corrected chi connectivity index (χ2v) is 11.6. The third kappa shape index (κ3) is 4.95. The molecule has 0 saturated carbocycles. The van der Waals surface area contributed by atoms with E-state index in [1.807, 2.05) is 36.4 Å². The molecule has 0 radical (unpaired) electrons. The van der Waals surface area contributed by atoms with Crippen LogP contribution in [0.4, 0.5) is 17.1 Å². The molecule has 4 aromatic rings. The van der Waals surface area contributed by atoms with Gasteiger partial charge in [-0.1, -0.05) is 48.2 Å². The molecule has 2 heterocycles. The lowest BCUT2D eigenvalue weighted by molar-refractivity contribution is 0.0955. The fourth-order valence-electron chi connectivity index (χ4n) is 3.51. The average molecular weight is 521 g/mol. The van der Waals surface area contributed by atoms with Crippen molar-refractivity contribution >= 4 is 61.8 Å². The maximum atomic E-state index is 12.9. The van der Waals surface area contributed by atoms with Crippen molar-refractivity contribution in [3.05, 3.63) is 95.4 Å². The molecule has 0 fully saturated rings. The van der Waals surface area contributed by atoms with Crippen molar-refractivity contribution in [1.29, 1.82) is 0 Å². The predicted octanol–water partition coefficient (Wildman–Crippen LogP) is 5.91. The molecule has 1 aromatic heterocycles. The summed E-state index contributed by atoms with van der Waals surface area (Å²) in [4.78, 5) is 15.2. The van der Waals surface area contributed by atoms with E-state index in [0.717, 1.165) is 33.2 Å². The van der Waals surface area contributed by atoms with E-state index in [9.17, 15) is 13.2 Å². The van der Waals surface area contributed by atoms with Crippen molar-refractivity contribution in [3.63, 3.8) is 0 Å². The number of hydrogen-bond acceptors (Lipinski definition) is 7. The standard InChI is InChI=1S/C25H20N4O3S3/c1-16(17-12-13-23-21(15-17)26-20-9-4-5-10-22(20)34-23)27-28-25(30)18-7-2-3-8-19(18)29-35(31,32)24-11-6-14-33-24/h2-15,26,29H,1H3,(H,28,30)/b27-16+. The van der Waals surface area contributed by atoms with Crippen LogP contribution in [-0.2, 0) is 10.0 Å². The fourth-order valence-corrected chi connectivity index (χ4v) is 6.55. The van der Waals surface area contributed by atoms with Gasteiger partial charge in [-0.25, -0.2) is 13.8 Å². The van der Waals surface area contributed by atoms with Gasteiger partial charge in [-0.2, -0.15) is 5.10 Å². The number of fused-ring (bicyclic) bond motifs is 2. The van der Waals surface area contributed by atoms with Gasteiger partial charge in [0, 0.05) is 9.79 Å². The van der Waals surface area contributed by atoms with Gasteiger partial charge in [0.15, 0.2) is 0 Å². The van der Waals surface area contributed by atoms with Gasteiger partial charge in [0.1, 0.15) is 4.21 Å². The van der Waals surface area contributed by atoms with Crippen molar-refractivity contribution in [2.24, 2.45) is 5.10 Å². The Morgan fingerprint density at radius 1 is 0.914 bits per heavy atom. The maximum absolute atomic E-state index is 12.9. The van der Waals surface area contributed by atoms with Crippen LogP contribution in [0.1, 0.15) is 22.8 Å². The molecule has 5 rings (SSSR count). The third-order valence-corrected chi connectivity index (χ3v) is 9.19. The van der Waals surface area contributed by atoms with Crippen molar-refractivity contribution in [1.82, 2.24) is 5.43 Å². The smallest absolute Gasteiger partial charge is 0.273 e. The Morgan fingerprint density at radius 2 is 1.69 bits per heavy atom. The predicted molar refractivity (Wildman–Crippen MR) is 142 cm³/mol. The van der Waals surface area contributed by atoms with Crippen molar-refractivity contribution in [3.8, 4) is 0 Å². The summed E-state index contributed by atoms with van der Waals surface area (Å²) in [5.74, 6) is -0.519. The van der Waals surface area contributed by atoms with Crippen LogP contribution in [0, 0.1) is 0 Å². The maximum Gasteiger partial charge on any atom is 0.273 e. The zero-order valence-corrected chi connectivity index (χ0v) is 20.9. The number of anilines is 3. The van der Waals surface area contributed by atoms with E-state index >= 15 is 0 Å². The first-order valence-corrected chi connectivity index (χ1v) is 13.8. The van der Waals surface area contributed by atoms with E-state index in [1.165, 1.54) is 11.0 Å². The second-order valence-electron chi connectivity index (χ2n) is 7.66. The topological polar surface area (TPSA) is 99.7 Å². The van der Waals surface area contributed by atoms with Gasteiger partial charge in [0.25, 0.3) is 15.9 Å². The van der Waals surface area contributed by atoms with Gasteiger partial charge in [0.2, 0.25) is 0 Å². The minimum absolute atomic E-state index is 0.170. The summed E-state index contributed by atoms with van der Waals surface area (Å²) >= 11 is 2.80. The van der Waals surface area contributed by atoms with E-state index in [-0.39, 0.29) is 15.5 Å². The summed E-state index contributed by atoms with van der Waals surface area (Å²) in [6.45, 7) is 1.80. The van der Waals surface area contributed by atoms with Gasteiger partial charge in [0.05, 0.1) is 28.3 Å². The summed E-state index contributed by atoms with van der Waals surface area (Å²) in [7, 11) is -3.79. The van der Waals surface area contributed by atoms with E-state index in [1.54, 1.807) is 54.4 Å². The summed E-state index contributed by atoms with van der Waals surface area (Å²) in [6.07, 6.45) is 0. The summed E-state index contributed by atoms with van der Waals surface area (Å²) in [5.41, 5.74) is 6.38. The molecule has 0 unspecified atom stereocenters. The monoisotopic (exact) mass is 520 g/mol. The molecule has 7 nitrogen and oxygen atoms in total. The molecule has 0 atom stereocenters. The molecule has 0 aliphatic carbocycles. The first kappa shape index (κ1) is 23.2. The van der Waals surface area contributed by atoms with Gasteiger partial charge in [-0.3, -0.25) is 9.52 Å². The third-order valence-electron chi connectivity index (χ3n) is 5.27. The van der Waals surface area contributed by atoms with Crippen LogP contribution < -0.4 is 15.5 Å². The van der Waals surface area contributed by atoms with Crippen LogP contribution in [-0.4, -0.2) is 20.0 Å². The molecule has 1 aliphatic heterocycles. The second kappa shape index (κ2) is 9.57. The number of nitrogens with one attached hydrogen (secondary N) is 3. The van der Waals surface area contributed by atoms with Crippen LogP contribution in [0.25, 0.3) is 0 Å². The first-order valence-electron chi connectivity index (χ1n) is 10.6. The highest BCUT2D eigenvalue weighted by Crippen LogP contribution is 2.44. The minimum Gasteiger partial charge on any atom is -0.354 e. The summed E-state index contributed by atoms with van der Waals surface area (Å²) in [5, 5.41) is 9.38. The number of hydrogen-bond donors (Lipinski definition) is 3. The Morgan fingerprint density at radius 3 is 2.51 bits per heavy atom. The number of thiophene rings is 1. The molecular weight excluding hydrogens is 501 g/mol. The molecule has 10 heteroatoms. The van der Waals surface area contributed by atoms with Crippen LogP contribution >= 0.6 is 23.1 Å². The summed E-state index contributed by atoms with van der Waals surface area (Å²) < 4.78 is 27.9. The van der Waals surface area contributed by atoms with E-state index in [2.05, 4.69) is 26.6 Å². The number of hydrazone groups is 1. The number of sulfonamides is 1. The number of amides is 1. The summed E-state index contributed by atoms with van der Waals surface area (Å²) in [6, 6.07) is 23.7. The molecule has 176 valence electrons. The van der Waals surface area contributed by atoms with Crippen molar-refractivity contribution in [2.45, 2.75) is 20.9 Å². The van der Waals surface area contributed by atoms with Crippen molar-refractivity contribution in [2.75, 3.05) is 10.0 Å². The zero-order valence-electron chi connectivity index (χ0n) is 18.5. The molecule has 35 heavy (non-hydrogen) atoms. The van der Waals surface area contributed by atoms with Crippen molar-refractivity contribution < 1.29 is 13.2 Å². The number of carbonyl (C=O) groups is 1. The molecule has 0 saturated heterocycles. The number of rotatable bonds is 6. The molecule has 1 aliphatic rings. The van der Waals surface area contributed by atoms with E-state index in [0.29, 0.717) is 5.71 Å². The Hall–Kier alpha value is -3.60. The highest BCUT2D eigenvalue weighted by molar-refractivity contribution is 7.99. The number of nitrogens with zero attached hydrogens (tertiary/aromatic N) is 1. The van der Waals surface area contributed by atoms with E-state index < -0.39 is 15.9 Å². The van der Waals surface area contributed by atoms with Gasteiger partial charge >= 0.3 is 0 Å². The Balaban J connectivity index is 1.33.